The summed E-state index contributed by atoms with van der Waals surface area (Å²) in [6.07, 6.45) is 3.23. The van der Waals surface area contributed by atoms with E-state index >= 15 is 0 Å². The highest BCUT2D eigenvalue weighted by Crippen LogP contribution is 2.06. The lowest BCUT2D eigenvalue weighted by Crippen LogP contribution is -2.15. The van der Waals surface area contributed by atoms with Crippen molar-refractivity contribution in [2.75, 3.05) is 0 Å². The van der Waals surface area contributed by atoms with Crippen LogP contribution in [0.5, 0.6) is 0 Å². The SMILES string of the molecule is CCCn1cccc1CNCc1cccc(F)c1. The van der Waals surface area contributed by atoms with E-state index in [0.717, 1.165) is 25.1 Å². The van der Waals surface area contributed by atoms with Gasteiger partial charge in [0.15, 0.2) is 0 Å². The van der Waals surface area contributed by atoms with Crippen molar-refractivity contribution in [1.29, 1.82) is 0 Å². The molecule has 0 unspecified atom stereocenters. The maximum Gasteiger partial charge on any atom is 0.123 e. The average molecular weight is 246 g/mol. The first-order chi connectivity index (χ1) is 8.79. The van der Waals surface area contributed by atoms with Gasteiger partial charge in [-0.25, -0.2) is 4.39 Å². The summed E-state index contributed by atoms with van der Waals surface area (Å²) in [5, 5.41) is 3.34. The molecule has 18 heavy (non-hydrogen) atoms. The molecule has 0 radical (unpaired) electrons. The van der Waals surface area contributed by atoms with Crippen LogP contribution in [0.4, 0.5) is 4.39 Å². The van der Waals surface area contributed by atoms with Gasteiger partial charge in [0.2, 0.25) is 0 Å². The summed E-state index contributed by atoms with van der Waals surface area (Å²) < 4.78 is 15.2. The highest BCUT2D eigenvalue weighted by molar-refractivity contribution is 5.16. The highest BCUT2D eigenvalue weighted by atomic mass is 19.1. The molecule has 1 aromatic carbocycles. The Morgan fingerprint density at radius 2 is 2.06 bits per heavy atom. The number of nitrogens with zero attached hydrogens (tertiary/aromatic N) is 1. The van der Waals surface area contributed by atoms with Gasteiger partial charge in [0.05, 0.1) is 0 Å². The molecule has 0 bridgehead atoms. The number of benzene rings is 1. The topological polar surface area (TPSA) is 17.0 Å². The third kappa shape index (κ3) is 3.44. The van der Waals surface area contributed by atoms with Crippen LogP contribution in [0.15, 0.2) is 42.6 Å². The number of rotatable bonds is 6. The molecule has 2 rings (SSSR count). The van der Waals surface area contributed by atoms with Gasteiger partial charge in [-0.1, -0.05) is 19.1 Å². The molecule has 0 aliphatic heterocycles. The van der Waals surface area contributed by atoms with E-state index in [1.807, 2.05) is 6.07 Å². The minimum atomic E-state index is -0.177. The Balaban J connectivity index is 1.86. The van der Waals surface area contributed by atoms with Gasteiger partial charge in [-0.2, -0.15) is 0 Å². The van der Waals surface area contributed by atoms with Gasteiger partial charge in [-0.05, 0) is 36.2 Å². The van der Waals surface area contributed by atoms with E-state index in [2.05, 4.69) is 35.1 Å². The molecule has 2 aromatic rings. The minimum absolute atomic E-state index is 0.177. The van der Waals surface area contributed by atoms with Crippen LogP contribution >= 0.6 is 0 Å². The van der Waals surface area contributed by atoms with Gasteiger partial charge < -0.3 is 9.88 Å². The van der Waals surface area contributed by atoms with Crippen LogP contribution in [-0.2, 0) is 19.6 Å². The lowest BCUT2D eigenvalue weighted by molar-refractivity contribution is 0.596. The molecule has 0 aliphatic rings. The van der Waals surface area contributed by atoms with Gasteiger partial charge in [0, 0.05) is 31.5 Å². The number of aromatic nitrogens is 1. The van der Waals surface area contributed by atoms with Crippen LogP contribution < -0.4 is 5.32 Å². The van der Waals surface area contributed by atoms with Crippen molar-refractivity contribution in [3.8, 4) is 0 Å². The van der Waals surface area contributed by atoms with Crippen LogP contribution in [0.2, 0.25) is 0 Å². The average Bonchev–Trinajstić information content (AvgIpc) is 2.78. The Kier molecular flexibility index (Phi) is 4.53. The van der Waals surface area contributed by atoms with Crippen molar-refractivity contribution >= 4 is 0 Å². The van der Waals surface area contributed by atoms with Gasteiger partial charge >= 0.3 is 0 Å². The van der Waals surface area contributed by atoms with Crippen molar-refractivity contribution in [2.24, 2.45) is 0 Å². The van der Waals surface area contributed by atoms with Crippen LogP contribution in [0.1, 0.15) is 24.6 Å². The summed E-state index contributed by atoms with van der Waals surface area (Å²) >= 11 is 0. The van der Waals surface area contributed by atoms with E-state index in [0.29, 0.717) is 6.54 Å². The number of aryl methyl sites for hydroxylation is 1. The molecular formula is C15H19FN2. The lowest BCUT2D eigenvalue weighted by Gasteiger charge is -2.09. The fourth-order valence-corrected chi connectivity index (χ4v) is 2.05. The maximum atomic E-state index is 13.0. The number of hydrogen-bond donors (Lipinski definition) is 1. The van der Waals surface area contributed by atoms with Crippen LogP contribution in [-0.4, -0.2) is 4.57 Å². The minimum Gasteiger partial charge on any atom is -0.350 e. The first-order valence-corrected chi connectivity index (χ1v) is 6.39. The molecule has 0 saturated carbocycles. The molecule has 2 nitrogen and oxygen atoms in total. The molecule has 1 aromatic heterocycles. The third-order valence-electron chi connectivity index (χ3n) is 2.91. The second-order valence-corrected chi connectivity index (χ2v) is 4.43. The summed E-state index contributed by atoms with van der Waals surface area (Å²) in [6.45, 7) is 4.71. The van der Waals surface area contributed by atoms with Gasteiger partial charge in [0.25, 0.3) is 0 Å². The van der Waals surface area contributed by atoms with Gasteiger partial charge in [-0.15, -0.1) is 0 Å². The quantitative estimate of drug-likeness (QED) is 0.827. The maximum absolute atomic E-state index is 13.0. The van der Waals surface area contributed by atoms with Gasteiger partial charge in [0.1, 0.15) is 5.82 Å². The summed E-state index contributed by atoms with van der Waals surface area (Å²) in [5.41, 5.74) is 2.25. The summed E-state index contributed by atoms with van der Waals surface area (Å²) in [5.74, 6) is -0.177. The molecule has 0 atom stereocenters. The predicted molar refractivity (Wildman–Crippen MR) is 71.7 cm³/mol. The molecule has 0 fully saturated rings. The fourth-order valence-electron chi connectivity index (χ4n) is 2.05. The molecule has 3 heteroatoms. The zero-order chi connectivity index (χ0) is 12.8. The second-order valence-electron chi connectivity index (χ2n) is 4.43. The Labute approximate surface area is 107 Å². The van der Waals surface area contributed by atoms with Crippen molar-refractivity contribution in [3.63, 3.8) is 0 Å². The molecule has 0 amide bonds. The Morgan fingerprint density at radius 1 is 1.17 bits per heavy atom. The molecular weight excluding hydrogens is 227 g/mol. The van der Waals surface area contributed by atoms with Crippen molar-refractivity contribution in [1.82, 2.24) is 9.88 Å². The zero-order valence-electron chi connectivity index (χ0n) is 10.7. The molecule has 1 heterocycles. The standard InChI is InChI=1S/C15H19FN2/c1-2-8-18-9-4-7-15(18)12-17-11-13-5-3-6-14(16)10-13/h3-7,9-10,17H,2,8,11-12H2,1H3. The number of halogens is 1. The van der Waals surface area contributed by atoms with Crippen LogP contribution in [0.25, 0.3) is 0 Å². The van der Waals surface area contributed by atoms with Crippen LogP contribution in [0, 0.1) is 5.82 Å². The molecule has 0 spiro atoms. The van der Waals surface area contributed by atoms with Gasteiger partial charge in [-0.3, -0.25) is 0 Å². The third-order valence-corrected chi connectivity index (χ3v) is 2.91. The molecule has 96 valence electrons. The largest absolute Gasteiger partial charge is 0.350 e. The smallest absolute Gasteiger partial charge is 0.123 e. The Morgan fingerprint density at radius 3 is 2.83 bits per heavy atom. The Hall–Kier alpha value is -1.61. The van der Waals surface area contributed by atoms with Crippen LogP contribution in [0.3, 0.4) is 0 Å². The Bertz CT molecular complexity index is 491. The highest BCUT2D eigenvalue weighted by Gasteiger charge is 2.00. The normalized spacial score (nSPS) is 10.8. The van der Waals surface area contributed by atoms with Crippen molar-refractivity contribution < 1.29 is 4.39 Å². The predicted octanol–water partition coefficient (Wildman–Crippen LogP) is 3.33. The van der Waals surface area contributed by atoms with E-state index in [-0.39, 0.29) is 5.82 Å². The molecule has 0 saturated heterocycles. The number of nitrogens with one attached hydrogen (secondary N) is 1. The first-order valence-electron chi connectivity index (χ1n) is 6.39. The van der Waals surface area contributed by atoms with E-state index in [9.17, 15) is 4.39 Å². The van der Waals surface area contributed by atoms with E-state index in [1.165, 1.54) is 11.8 Å². The van der Waals surface area contributed by atoms with E-state index < -0.39 is 0 Å². The first kappa shape index (κ1) is 12.8. The van der Waals surface area contributed by atoms with E-state index in [4.69, 9.17) is 0 Å². The lowest BCUT2D eigenvalue weighted by atomic mass is 10.2. The summed E-state index contributed by atoms with van der Waals surface area (Å²) in [6, 6.07) is 10.9. The number of hydrogen-bond acceptors (Lipinski definition) is 1. The second kappa shape index (κ2) is 6.36. The zero-order valence-corrected chi connectivity index (χ0v) is 10.7. The molecule has 0 aliphatic carbocycles. The van der Waals surface area contributed by atoms with Crippen molar-refractivity contribution in [2.45, 2.75) is 33.0 Å². The fraction of sp³-hybridized carbons (Fsp3) is 0.333. The monoisotopic (exact) mass is 246 g/mol. The molecule has 1 N–H and O–H groups in total. The summed E-state index contributed by atoms with van der Waals surface area (Å²) in [4.78, 5) is 0. The van der Waals surface area contributed by atoms with Crippen molar-refractivity contribution in [3.05, 3.63) is 59.7 Å². The van der Waals surface area contributed by atoms with E-state index in [1.54, 1.807) is 12.1 Å². The summed E-state index contributed by atoms with van der Waals surface area (Å²) in [7, 11) is 0.